The first-order valence-electron chi connectivity index (χ1n) is 6.79. The quantitative estimate of drug-likeness (QED) is 0.794. The molecule has 1 aliphatic carbocycles. The molecule has 114 valence electrons. The molecule has 2 N–H and O–H groups in total. The predicted molar refractivity (Wildman–Crippen MR) is 82.5 cm³/mol. The van der Waals surface area contributed by atoms with Crippen molar-refractivity contribution in [3.05, 3.63) is 16.3 Å². The number of hydrogen-bond donors (Lipinski definition) is 2. The van der Waals surface area contributed by atoms with Gasteiger partial charge in [-0.05, 0) is 46.5 Å². The monoisotopic (exact) mass is 317 g/mol. The van der Waals surface area contributed by atoms with Crippen LogP contribution in [0.2, 0.25) is 0 Å². The van der Waals surface area contributed by atoms with Crippen LogP contribution in [-0.2, 0) is 16.6 Å². The summed E-state index contributed by atoms with van der Waals surface area (Å²) < 4.78 is 27.4. The second-order valence-corrected chi connectivity index (χ2v) is 8.34. The van der Waals surface area contributed by atoms with E-state index < -0.39 is 10.0 Å². The first kappa shape index (κ1) is 15.9. The first-order valence-corrected chi connectivity index (χ1v) is 9.15. The van der Waals surface area contributed by atoms with E-state index in [0.717, 1.165) is 17.7 Å². The minimum Gasteiger partial charge on any atom is -0.315 e. The summed E-state index contributed by atoms with van der Waals surface area (Å²) in [4.78, 5) is 3.54. The van der Waals surface area contributed by atoms with Gasteiger partial charge in [0.05, 0.1) is 4.90 Å². The Hall–Kier alpha value is -0.470. The molecule has 0 atom stereocenters. The van der Waals surface area contributed by atoms with Crippen molar-refractivity contribution >= 4 is 21.4 Å². The van der Waals surface area contributed by atoms with Crippen molar-refractivity contribution < 1.29 is 8.42 Å². The number of nitrogens with one attached hydrogen (secondary N) is 2. The van der Waals surface area contributed by atoms with Crippen LogP contribution in [0.1, 0.15) is 24.1 Å². The molecule has 1 aromatic rings. The minimum atomic E-state index is -3.39. The van der Waals surface area contributed by atoms with E-state index in [4.69, 9.17) is 0 Å². The zero-order chi connectivity index (χ0) is 14.8. The largest absolute Gasteiger partial charge is 0.315 e. The van der Waals surface area contributed by atoms with Gasteiger partial charge in [0.25, 0.3) is 0 Å². The van der Waals surface area contributed by atoms with Gasteiger partial charge in [0.1, 0.15) is 0 Å². The average Bonchev–Trinajstić information content (AvgIpc) is 2.76. The van der Waals surface area contributed by atoms with Crippen LogP contribution in [0.15, 0.2) is 16.3 Å². The second kappa shape index (κ2) is 6.11. The molecule has 2 rings (SSSR count). The summed E-state index contributed by atoms with van der Waals surface area (Å²) in [5.41, 5.74) is -0.00308. The van der Waals surface area contributed by atoms with Crippen LogP contribution in [0, 0.1) is 0 Å². The summed E-state index contributed by atoms with van der Waals surface area (Å²) in [6, 6.07) is 1.74. The molecule has 0 aliphatic heterocycles. The number of rotatable bonds is 7. The van der Waals surface area contributed by atoms with E-state index in [9.17, 15) is 8.42 Å². The van der Waals surface area contributed by atoms with Crippen molar-refractivity contribution in [2.45, 2.75) is 36.2 Å². The fourth-order valence-electron chi connectivity index (χ4n) is 2.45. The molecule has 1 fully saturated rings. The summed E-state index contributed by atoms with van der Waals surface area (Å²) in [5.74, 6) is 0. The third kappa shape index (κ3) is 3.23. The van der Waals surface area contributed by atoms with Crippen LogP contribution in [-0.4, -0.2) is 46.5 Å². The van der Waals surface area contributed by atoms with Crippen molar-refractivity contribution in [3.8, 4) is 0 Å². The number of thiophene rings is 1. The summed E-state index contributed by atoms with van der Waals surface area (Å²) >= 11 is 1.47. The molecule has 1 aliphatic rings. The van der Waals surface area contributed by atoms with Gasteiger partial charge in [0.2, 0.25) is 10.0 Å². The van der Waals surface area contributed by atoms with Gasteiger partial charge in [-0.3, -0.25) is 0 Å². The van der Waals surface area contributed by atoms with Gasteiger partial charge in [-0.15, -0.1) is 11.3 Å². The minimum absolute atomic E-state index is 0.00308. The third-order valence-electron chi connectivity index (χ3n) is 4.12. The fourth-order valence-corrected chi connectivity index (χ4v) is 4.85. The first-order chi connectivity index (χ1) is 9.39. The van der Waals surface area contributed by atoms with Crippen LogP contribution in [0.4, 0.5) is 0 Å². The lowest BCUT2D eigenvalue weighted by molar-refractivity contribution is 0.0657. The summed E-state index contributed by atoms with van der Waals surface area (Å²) in [6.45, 7) is 1.18. The van der Waals surface area contributed by atoms with E-state index in [1.54, 1.807) is 11.4 Å². The highest BCUT2D eigenvalue weighted by Crippen LogP contribution is 2.35. The van der Waals surface area contributed by atoms with Gasteiger partial charge in [-0.1, -0.05) is 0 Å². The van der Waals surface area contributed by atoms with E-state index in [2.05, 4.69) is 14.9 Å². The van der Waals surface area contributed by atoms with Crippen molar-refractivity contribution in [2.75, 3.05) is 27.7 Å². The maximum atomic E-state index is 12.3. The highest BCUT2D eigenvalue weighted by atomic mass is 32.2. The van der Waals surface area contributed by atoms with E-state index in [1.165, 1.54) is 17.8 Å². The Morgan fingerprint density at radius 1 is 1.40 bits per heavy atom. The van der Waals surface area contributed by atoms with Crippen molar-refractivity contribution in [1.82, 2.24) is 14.9 Å². The molecule has 1 saturated carbocycles. The van der Waals surface area contributed by atoms with Gasteiger partial charge >= 0.3 is 0 Å². The summed E-state index contributed by atoms with van der Waals surface area (Å²) in [5, 5.41) is 4.73. The zero-order valence-corrected chi connectivity index (χ0v) is 13.9. The van der Waals surface area contributed by atoms with Crippen LogP contribution in [0.5, 0.6) is 0 Å². The SMILES string of the molecule is CNCc1cc(S(=O)(=O)NCC2(N(C)C)CCC2)cs1. The number of hydrogen-bond acceptors (Lipinski definition) is 5. The Morgan fingerprint density at radius 2 is 2.10 bits per heavy atom. The lowest BCUT2D eigenvalue weighted by Gasteiger charge is -2.47. The Labute approximate surface area is 125 Å². The van der Waals surface area contributed by atoms with Crippen molar-refractivity contribution in [3.63, 3.8) is 0 Å². The van der Waals surface area contributed by atoms with Gasteiger partial charge in [0, 0.05) is 28.9 Å². The topological polar surface area (TPSA) is 61.4 Å². The summed E-state index contributed by atoms with van der Waals surface area (Å²) in [6.07, 6.45) is 3.28. The number of nitrogens with zero attached hydrogens (tertiary/aromatic N) is 1. The Kier molecular flexibility index (Phi) is 4.86. The van der Waals surface area contributed by atoms with Gasteiger partial charge in [-0.2, -0.15) is 0 Å². The predicted octanol–water partition coefficient (Wildman–Crippen LogP) is 1.23. The third-order valence-corrected chi connectivity index (χ3v) is 6.58. The van der Waals surface area contributed by atoms with E-state index in [1.807, 2.05) is 21.1 Å². The molecule has 0 spiro atoms. The molecular formula is C13H23N3O2S2. The normalized spacial score (nSPS) is 18.2. The molecule has 5 nitrogen and oxygen atoms in total. The molecule has 0 unspecified atom stereocenters. The van der Waals surface area contributed by atoms with Gasteiger partial charge < -0.3 is 10.2 Å². The molecule has 0 saturated heterocycles. The molecule has 0 bridgehead atoms. The molecule has 0 radical (unpaired) electrons. The second-order valence-electron chi connectivity index (χ2n) is 5.58. The molecular weight excluding hydrogens is 294 g/mol. The average molecular weight is 317 g/mol. The highest BCUT2D eigenvalue weighted by Gasteiger charge is 2.39. The van der Waals surface area contributed by atoms with Crippen LogP contribution >= 0.6 is 11.3 Å². The smallest absolute Gasteiger partial charge is 0.241 e. The van der Waals surface area contributed by atoms with Crippen molar-refractivity contribution in [1.29, 1.82) is 0 Å². The zero-order valence-electron chi connectivity index (χ0n) is 12.3. The lowest BCUT2D eigenvalue weighted by Crippen LogP contribution is -2.57. The van der Waals surface area contributed by atoms with Gasteiger partial charge in [-0.25, -0.2) is 13.1 Å². The molecule has 20 heavy (non-hydrogen) atoms. The Morgan fingerprint density at radius 3 is 2.60 bits per heavy atom. The van der Waals surface area contributed by atoms with Crippen LogP contribution < -0.4 is 10.0 Å². The molecule has 0 aromatic carbocycles. The maximum absolute atomic E-state index is 12.3. The molecule has 1 heterocycles. The van der Waals surface area contributed by atoms with Crippen molar-refractivity contribution in [2.24, 2.45) is 0 Å². The molecule has 0 amide bonds. The maximum Gasteiger partial charge on any atom is 0.241 e. The Bertz CT molecular complexity index is 548. The summed E-state index contributed by atoms with van der Waals surface area (Å²) in [7, 11) is 2.49. The molecule has 1 aromatic heterocycles. The molecule has 7 heteroatoms. The van der Waals surface area contributed by atoms with E-state index in [0.29, 0.717) is 18.0 Å². The fraction of sp³-hybridized carbons (Fsp3) is 0.692. The number of likely N-dealkylation sites (N-methyl/N-ethyl adjacent to an activating group) is 1. The highest BCUT2D eigenvalue weighted by molar-refractivity contribution is 7.89. The van der Waals surface area contributed by atoms with Crippen LogP contribution in [0.25, 0.3) is 0 Å². The van der Waals surface area contributed by atoms with Crippen LogP contribution in [0.3, 0.4) is 0 Å². The standard InChI is InChI=1S/C13H23N3O2S2/c1-14-8-11-7-12(9-19-11)20(17,18)15-10-13(16(2)3)5-4-6-13/h7,9,14-15H,4-6,8,10H2,1-3H3. The Balaban J connectivity index is 2.03. The number of sulfonamides is 1. The van der Waals surface area contributed by atoms with E-state index in [-0.39, 0.29) is 5.54 Å². The lowest BCUT2D eigenvalue weighted by atomic mass is 9.76. The van der Waals surface area contributed by atoms with E-state index >= 15 is 0 Å². The van der Waals surface area contributed by atoms with Gasteiger partial charge in [0.15, 0.2) is 0 Å².